The van der Waals surface area contributed by atoms with Gasteiger partial charge < -0.3 is 0 Å². The Labute approximate surface area is 386 Å². The highest BCUT2D eigenvalue weighted by Crippen LogP contribution is 2.46. The molecule has 0 saturated carbocycles. The smallest absolute Gasteiger partial charge is 0.00262 e. The molecule has 12 aromatic carbocycles. The van der Waals surface area contributed by atoms with E-state index in [2.05, 4.69) is 267 Å². The minimum absolute atomic E-state index is 1.16. The first-order valence-electron chi connectivity index (χ1n) is 22.8. The Morgan fingerprint density at radius 3 is 1.00 bits per heavy atom. The van der Waals surface area contributed by atoms with Crippen molar-refractivity contribution >= 4 is 55.2 Å². The van der Waals surface area contributed by atoms with Gasteiger partial charge in [0.15, 0.2) is 0 Å². The van der Waals surface area contributed by atoms with Crippen LogP contribution in [0.15, 0.2) is 255 Å². The van der Waals surface area contributed by atoms with Crippen molar-refractivity contribution in [1.82, 2.24) is 0 Å². The van der Waals surface area contributed by atoms with Crippen LogP contribution < -0.4 is 0 Å². The van der Waals surface area contributed by atoms with Crippen molar-refractivity contribution < 1.29 is 0 Å². The SMILES string of the molecule is C(=C\c1cccc(-c2ccc3c(-c4ccccc4)c4ccccc4c(-c4ccccc4)c3c2)c1)/c1ccc(-c2cccc(-c3c4ccccc4c(-c4ccccc4)c4ccccc34)c2)cc1. The molecule has 0 aliphatic rings. The van der Waals surface area contributed by atoms with E-state index in [1.165, 1.54) is 110 Å². The van der Waals surface area contributed by atoms with Crippen LogP contribution in [0.3, 0.4) is 0 Å². The maximum atomic E-state index is 2.40. The van der Waals surface area contributed by atoms with E-state index >= 15 is 0 Å². The molecule has 308 valence electrons. The molecular formula is C66H44. The molecule has 12 rings (SSSR count). The Morgan fingerprint density at radius 2 is 0.500 bits per heavy atom. The third-order valence-electron chi connectivity index (χ3n) is 13.2. The lowest BCUT2D eigenvalue weighted by atomic mass is 9.85. The molecular weight excluding hydrogens is 793 g/mol. The summed E-state index contributed by atoms with van der Waals surface area (Å²) in [4.78, 5) is 0. The van der Waals surface area contributed by atoms with Gasteiger partial charge in [-0.25, -0.2) is 0 Å². The summed E-state index contributed by atoms with van der Waals surface area (Å²) in [6.45, 7) is 0. The summed E-state index contributed by atoms with van der Waals surface area (Å²) in [5, 5.41) is 10.1. The van der Waals surface area contributed by atoms with E-state index in [-0.39, 0.29) is 0 Å². The van der Waals surface area contributed by atoms with Crippen LogP contribution in [-0.2, 0) is 0 Å². The van der Waals surface area contributed by atoms with E-state index in [9.17, 15) is 0 Å². The van der Waals surface area contributed by atoms with Gasteiger partial charge in [0.1, 0.15) is 0 Å². The number of fused-ring (bicyclic) bond motifs is 4. The molecule has 0 aliphatic heterocycles. The number of rotatable bonds is 8. The molecule has 66 heavy (non-hydrogen) atoms. The Balaban J connectivity index is 0.871. The van der Waals surface area contributed by atoms with Crippen molar-refractivity contribution in [1.29, 1.82) is 0 Å². The summed E-state index contributed by atoms with van der Waals surface area (Å²) in [6, 6.07) is 93.0. The van der Waals surface area contributed by atoms with Crippen LogP contribution in [0.5, 0.6) is 0 Å². The average Bonchev–Trinajstić information content (AvgIpc) is 3.39. The minimum Gasteiger partial charge on any atom is -0.0622 e. The van der Waals surface area contributed by atoms with Crippen molar-refractivity contribution in [3.05, 3.63) is 266 Å². The Morgan fingerprint density at radius 1 is 0.167 bits per heavy atom. The van der Waals surface area contributed by atoms with Gasteiger partial charge in [-0.3, -0.25) is 0 Å². The molecule has 0 N–H and O–H groups in total. The zero-order chi connectivity index (χ0) is 43.8. The zero-order valence-electron chi connectivity index (χ0n) is 36.4. The summed E-state index contributed by atoms with van der Waals surface area (Å²) in [6.07, 6.45) is 4.45. The van der Waals surface area contributed by atoms with Gasteiger partial charge >= 0.3 is 0 Å². The molecule has 0 aliphatic carbocycles. The number of hydrogen-bond donors (Lipinski definition) is 0. The van der Waals surface area contributed by atoms with E-state index in [0.29, 0.717) is 0 Å². The van der Waals surface area contributed by atoms with Crippen molar-refractivity contribution in [2.75, 3.05) is 0 Å². The molecule has 0 fully saturated rings. The molecule has 0 saturated heterocycles. The highest BCUT2D eigenvalue weighted by atomic mass is 14.2. The van der Waals surface area contributed by atoms with Crippen molar-refractivity contribution in [3.63, 3.8) is 0 Å². The summed E-state index contributed by atoms with van der Waals surface area (Å²) < 4.78 is 0. The second-order valence-corrected chi connectivity index (χ2v) is 17.2. The van der Waals surface area contributed by atoms with Gasteiger partial charge in [0, 0.05) is 0 Å². The molecule has 0 bridgehead atoms. The predicted octanol–water partition coefficient (Wildman–Crippen LogP) is 18.5. The first-order valence-corrected chi connectivity index (χ1v) is 22.8. The molecule has 0 atom stereocenters. The Bertz CT molecular complexity index is 3710. The van der Waals surface area contributed by atoms with Crippen LogP contribution in [0.2, 0.25) is 0 Å². The topological polar surface area (TPSA) is 0 Å². The van der Waals surface area contributed by atoms with Crippen LogP contribution in [0.25, 0.3) is 122 Å². The van der Waals surface area contributed by atoms with Gasteiger partial charge in [-0.1, -0.05) is 249 Å². The molecule has 0 spiro atoms. The van der Waals surface area contributed by atoms with Crippen molar-refractivity contribution in [3.8, 4) is 66.8 Å². The van der Waals surface area contributed by atoms with Crippen LogP contribution in [-0.4, -0.2) is 0 Å². The van der Waals surface area contributed by atoms with Gasteiger partial charge in [-0.2, -0.15) is 0 Å². The molecule has 0 unspecified atom stereocenters. The van der Waals surface area contributed by atoms with Crippen molar-refractivity contribution in [2.24, 2.45) is 0 Å². The molecule has 12 aromatic rings. The quantitative estimate of drug-likeness (QED) is 0.106. The maximum absolute atomic E-state index is 2.40. The van der Waals surface area contributed by atoms with Gasteiger partial charge in [-0.15, -0.1) is 0 Å². The average molecular weight is 837 g/mol. The summed E-state index contributed by atoms with van der Waals surface area (Å²) >= 11 is 0. The predicted molar refractivity (Wildman–Crippen MR) is 284 cm³/mol. The van der Waals surface area contributed by atoms with Crippen LogP contribution in [0, 0.1) is 0 Å². The number of hydrogen-bond acceptors (Lipinski definition) is 0. The van der Waals surface area contributed by atoms with Gasteiger partial charge in [0.25, 0.3) is 0 Å². The fraction of sp³-hybridized carbons (Fsp3) is 0. The van der Waals surface area contributed by atoms with Crippen LogP contribution in [0.1, 0.15) is 11.1 Å². The molecule has 0 nitrogen and oxygen atoms in total. The highest BCUT2D eigenvalue weighted by Gasteiger charge is 2.19. The monoisotopic (exact) mass is 836 g/mol. The lowest BCUT2D eigenvalue weighted by Gasteiger charge is -2.18. The second-order valence-electron chi connectivity index (χ2n) is 17.2. The maximum Gasteiger partial charge on any atom is -0.00262 e. The second kappa shape index (κ2) is 16.8. The molecule has 0 amide bonds. The first-order chi connectivity index (χ1) is 32.7. The fourth-order valence-corrected chi connectivity index (χ4v) is 10.2. The molecule has 0 heterocycles. The fourth-order valence-electron chi connectivity index (χ4n) is 10.2. The molecule has 0 radical (unpaired) electrons. The van der Waals surface area contributed by atoms with Crippen LogP contribution in [0.4, 0.5) is 0 Å². The largest absolute Gasteiger partial charge is 0.0622 e. The van der Waals surface area contributed by atoms with Gasteiger partial charge in [0.2, 0.25) is 0 Å². The third kappa shape index (κ3) is 7.06. The highest BCUT2D eigenvalue weighted by molar-refractivity contribution is 6.23. The minimum atomic E-state index is 1.16. The van der Waals surface area contributed by atoms with E-state index in [0.717, 1.165) is 11.1 Å². The van der Waals surface area contributed by atoms with E-state index in [1.54, 1.807) is 0 Å². The summed E-state index contributed by atoms with van der Waals surface area (Å²) in [7, 11) is 0. The lowest BCUT2D eigenvalue weighted by molar-refractivity contribution is 1.59. The van der Waals surface area contributed by atoms with Gasteiger partial charge in [0.05, 0.1) is 0 Å². The van der Waals surface area contributed by atoms with E-state index < -0.39 is 0 Å². The Hall–Kier alpha value is -8.58. The number of benzene rings is 12. The summed E-state index contributed by atoms with van der Waals surface area (Å²) in [5.41, 5.74) is 17.1. The standard InChI is InChI=1S/C66H44/c1-4-19-48(20-5-1)63-56-29-11-14-32-59(56)66(60-33-15-12-30-57(60)63)54-27-17-26-52(43-54)47-38-36-45(37-39-47)34-35-46-18-16-25-51(42-46)53-40-41-61-62(44-53)65(50-23-8-3-9-24-50)58-31-13-10-28-55(58)64(61)49-21-6-2-7-22-49/h1-44H/b35-34+. The van der Waals surface area contributed by atoms with E-state index in [4.69, 9.17) is 0 Å². The third-order valence-corrected chi connectivity index (χ3v) is 13.2. The van der Waals surface area contributed by atoms with Gasteiger partial charge in [-0.05, 0) is 139 Å². The van der Waals surface area contributed by atoms with Crippen LogP contribution >= 0.6 is 0 Å². The first kappa shape index (κ1) is 39.0. The summed E-state index contributed by atoms with van der Waals surface area (Å²) in [5.74, 6) is 0. The Kier molecular flexibility index (Phi) is 9.97. The molecule has 0 heteroatoms. The molecule has 0 aromatic heterocycles. The normalized spacial score (nSPS) is 11.6. The zero-order valence-corrected chi connectivity index (χ0v) is 36.4. The lowest BCUT2D eigenvalue weighted by Crippen LogP contribution is -1.91. The van der Waals surface area contributed by atoms with E-state index in [1.807, 2.05) is 0 Å². The van der Waals surface area contributed by atoms with Crippen molar-refractivity contribution in [2.45, 2.75) is 0 Å².